The summed E-state index contributed by atoms with van der Waals surface area (Å²) >= 11 is 6.10. The van der Waals surface area contributed by atoms with Crippen LogP contribution in [0.2, 0.25) is 5.02 Å². The van der Waals surface area contributed by atoms with Crippen LogP contribution >= 0.6 is 11.6 Å². The molecule has 5 heteroatoms. The first-order valence-electron chi connectivity index (χ1n) is 12.9. The van der Waals surface area contributed by atoms with E-state index in [0.29, 0.717) is 30.8 Å². The molecule has 0 aliphatic heterocycles. The van der Waals surface area contributed by atoms with Gasteiger partial charge in [0.05, 0.1) is 0 Å². The zero-order valence-corrected chi connectivity index (χ0v) is 22.3. The number of benzene rings is 3. The third-order valence-electron chi connectivity index (χ3n) is 6.60. The quantitative estimate of drug-likeness (QED) is 0.310. The van der Waals surface area contributed by atoms with Crippen molar-refractivity contribution in [1.82, 2.24) is 10.2 Å². The fourth-order valence-electron chi connectivity index (χ4n) is 4.12. The molecule has 0 bridgehead atoms. The molecule has 0 aromatic heterocycles. The van der Waals surface area contributed by atoms with E-state index in [2.05, 4.69) is 36.5 Å². The fraction of sp³-hybridized carbons (Fsp3) is 0.355. The summed E-state index contributed by atoms with van der Waals surface area (Å²) in [5.74, 6) is -0.160. The van der Waals surface area contributed by atoms with Crippen molar-refractivity contribution in [2.45, 2.75) is 71.5 Å². The summed E-state index contributed by atoms with van der Waals surface area (Å²) in [5.41, 5.74) is 4.36. The highest BCUT2D eigenvalue weighted by Gasteiger charge is 2.30. The van der Waals surface area contributed by atoms with Crippen molar-refractivity contribution in [1.29, 1.82) is 0 Å². The van der Waals surface area contributed by atoms with Crippen LogP contribution in [0.15, 0.2) is 78.9 Å². The van der Waals surface area contributed by atoms with Gasteiger partial charge in [0.2, 0.25) is 11.8 Å². The SMILES string of the molecule is CCc1ccc(CCC(=O)N(Cc2ccc(Cl)cc2)[C@@H](Cc2ccccc2)C(=O)N[C@H](C)CC)cc1. The van der Waals surface area contributed by atoms with E-state index >= 15 is 0 Å². The van der Waals surface area contributed by atoms with Gasteiger partial charge >= 0.3 is 0 Å². The van der Waals surface area contributed by atoms with E-state index in [1.54, 1.807) is 4.90 Å². The van der Waals surface area contributed by atoms with Crippen LogP contribution in [0.3, 0.4) is 0 Å². The molecular formula is C31H37ClN2O2. The van der Waals surface area contributed by atoms with E-state index in [0.717, 1.165) is 29.5 Å². The molecule has 0 unspecified atom stereocenters. The first-order chi connectivity index (χ1) is 17.4. The Bertz CT molecular complexity index is 1100. The van der Waals surface area contributed by atoms with Crippen LogP contribution in [0.1, 0.15) is 55.9 Å². The Balaban J connectivity index is 1.88. The Morgan fingerprint density at radius 1 is 0.833 bits per heavy atom. The smallest absolute Gasteiger partial charge is 0.243 e. The number of rotatable bonds is 12. The predicted octanol–water partition coefficient (Wildman–Crippen LogP) is 6.39. The van der Waals surface area contributed by atoms with Crippen LogP contribution < -0.4 is 5.32 Å². The summed E-state index contributed by atoms with van der Waals surface area (Å²) in [6, 6.07) is 25.2. The molecule has 2 amide bonds. The molecule has 0 aliphatic carbocycles. The van der Waals surface area contributed by atoms with Gasteiger partial charge in [0, 0.05) is 30.5 Å². The number of amides is 2. The van der Waals surface area contributed by atoms with Crippen molar-refractivity contribution in [3.05, 3.63) is 106 Å². The summed E-state index contributed by atoms with van der Waals surface area (Å²) < 4.78 is 0. The molecule has 0 fully saturated rings. The van der Waals surface area contributed by atoms with Crippen LogP contribution in [-0.4, -0.2) is 28.8 Å². The van der Waals surface area contributed by atoms with Gasteiger partial charge in [-0.15, -0.1) is 0 Å². The van der Waals surface area contributed by atoms with Crippen molar-refractivity contribution >= 4 is 23.4 Å². The Labute approximate surface area is 220 Å². The molecule has 1 N–H and O–H groups in total. The maximum absolute atomic E-state index is 13.7. The Hall–Kier alpha value is -3.11. The molecule has 0 saturated carbocycles. The summed E-state index contributed by atoms with van der Waals surface area (Å²) in [6.07, 6.45) is 3.23. The minimum Gasteiger partial charge on any atom is -0.352 e. The number of hydrogen-bond donors (Lipinski definition) is 1. The molecule has 3 rings (SSSR count). The average Bonchev–Trinajstić information content (AvgIpc) is 2.91. The first-order valence-corrected chi connectivity index (χ1v) is 13.2. The van der Waals surface area contributed by atoms with E-state index in [9.17, 15) is 9.59 Å². The lowest BCUT2D eigenvalue weighted by atomic mass is 10.0. The normalized spacial score (nSPS) is 12.6. The minimum atomic E-state index is -0.618. The average molecular weight is 505 g/mol. The van der Waals surface area contributed by atoms with E-state index in [4.69, 9.17) is 11.6 Å². The van der Waals surface area contributed by atoms with Gasteiger partial charge in [-0.3, -0.25) is 9.59 Å². The lowest BCUT2D eigenvalue weighted by Crippen LogP contribution is -2.52. The maximum Gasteiger partial charge on any atom is 0.243 e. The minimum absolute atomic E-state index is 0.0281. The van der Waals surface area contributed by atoms with Gasteiger partial charge in [0.15, 0.2) is 0 Å². The third kappa shape index (κ3) is 8.23. The molecule has 0 heterocycles. The highest BCUT2D eigenvalue weighted by Crippen LogP contribution is 2.19. The second-order valence-corrected chi connectivity index (χ2v) is 9.78. The lowest BCUT2D eigenvalue weighted by Gasteiger charge is -2.32. The lowest BCUT2D eigenvalue weighted by molar-refractivity contribution is -0.141. The molecule has 0 aliphatic rings. The van der Waals surface area contributed by atoms with Gasteiger partial charge in [-0.2, -0.15) is 0 Å². The summed E-state index contributed by atoms with van der Waals surface area (Å²) in [6.45, 7) is 6.50. The van der Waals surface area contributed by atoms with E-state index in [1.165, 1.54) is 5.56 Å². The van der Waals surface area contributed by atoms with Gasteiger partial charge in [0.25, 0.3) is 0 Å². The molecule has 0 saturated heterocycles. The number of carbonyl (C=O) groups is 2. The number of nitrogens with zero attached hydrogens (tertiary/aromatic N) is 1. The zero-order valence-electron chi connectivity index (χ0n) is 21.5. The molecule has 4 nitrogen and oxygen atoms in total. The zero-order chi connectivity index (χ0) is 25.9. The summed E-state index contributed by atoms with van der Waals surface area (Å²) in [4.78, 5) is 29.0. The maximum atomic E-state index is 13.7. The number of halogens is 1. The van der Waals surface area contributed by atoms with Crippen LogP contribution in [0.4, 0.5) is 0 Å². The topological polar surface area (TPSA) is 49.4 Å². The molecule has 0 radical (unpaired) electrons. The van der Waals surface area contributed by atoms with Crippen LogP contribution in [0.25, 0.3) is 0 Å². The van der Waals surface area contributed by atoms with E-state index < -0.39 is 6.04 Å². The molecule has 36 heavy (non-hydrogen) atoms. The Morgan fingerprint density at radius 3 is 2.06 bits per heavy atom. The second-order valence-electron chi connectivity index (χ2n) is 9.34. The van der Waals surface area contributed by atoms with E-state index in [1.807, 2.05) is 68.4 Å². The van der Waals surface area contributed by atoms with Crippen molar-refractivity contribution in [3.63, 3.8) is 0 Å². The molecule has 0 spiro atoms. The molecule has 3 aromatic rings. The highest BCUT2D eigenvalue weighted by molar-refractivity contribution is 6.30. The first kappa shape index (κ1) is 27.5. The second kappa shape index (κ2) is 13.8. The molecule has 2 atom stereocenters. The van der Waals surface area contributed by atoms with Crippen LogP contribution in [-0.2, 0) is 35.4 Å². The van der Waals surface area contributed by atoms with Gasteiger partial charge in [-0.1, -0.05) is 92.2 Å². The van der Waals surface area contributed by atoms with Gasteiger partial charge in [-0.05, 0) is 60.6 Å². The summed E-state index contributed by atoms with van der Waals surface area (Å²) in [7, 11) is 0. The van der Waals surface area contributed by atoms with Crippen molar-refractivity contribution < 1.29 is 9.59 Å². The van der Waals surface area contributed by atoms with Gasteiger partial charge < -0.3 is 10.2 Å². The van der Waals surface area contributed by atoms with Gasteiger partial charge in [-0.25, -0.2) is 0 Å². The monoisotopic (exact) mass is 504 g/mol. The molecule has 190 valence electrons. The van der Waals surface area contributed by atoms with Gasteiger partial charge in [0.1, 0.15) is 6.04 Å². The van der Waals surface area contributed by atoms with E-state index in [-0.39, 0.29) is 17.9 Å². The number of nitrogens with one attached hydrogen (secondary N) is 1. The van der Waals surface area contributed by atoms with Crippen molar-refractivity contribution in [2.24, 2.45) is 0 Å². The van der Waals surface area contributed by atoms with Crippen molar-refractivity contribution in [3.8, 4) is 0 Å². The molecule has 3 aromatic carbocycles. The third-order valence-corrected chi connectivity index (χ3v) is 6.85. The number of hydrogen-bond acceptors (Lipinski definition) is 2. The largest absolute Gasteiger partial charge is 0.352 e. The molecular weight excluding hydrogens is 468 g/mol. The Morgan fingerprint density at radius 2 is 1.44 bits per heavy atom. The predicted molar refractivity (Wildman–Crippen MR) is 148 cm³/mol. The van der Waals surface area contributed by atoms with Crippen molar-refractivity contribution in [2.75, 3.05) is 0 Å². The number of aryl methyl sites for hydroxylation is 2. The fourth-order valence-corrected chi connectivity index (χ4v) is 4.24. The highest BCUT2D eigenvalue weighted by atomic mass is 35.5. The Kier molecular flexibility index (Phi) is 10.6. The van der Waals surface area contributed by atoms with Crippen LogP contribution in [0, 0.1) is 0 Å². The summed E-state index contributed by atoms with van der Waals surface area (Å²) in [5, 5.41) is 3.75. The van der Waals surface area contributed by atoms with Crippen LogP contribution in [0.5, 0.6) is 0 Å². The number of carbonyl (C=O) groups excluding carboxylic acids is 2. The standard InChI is InChI=1S/C31H37ClN2O2/c1-4-23(3)33-31(36)29(21-26-9-7-6-8-10-26)34(22-27-15-18-28(32)19-16-27)30(35)20-17-25-13-11-24(5-2)12-14-25/h6-16,18-19,23,29H,4-5,17,20-22H2,1-3H3,(H,33,36)/t23-,29+/m1/s1.